The van der Waals surface area contributed by atoms with Crippen LogP contribution in [0.2, 0.25) is 0 Å². The van der Waals surface area contributed by atoms with E-state index in [-0.39, 0.29) is 0 Å². The maximum absolute atomic E-state index is 11.8. The van der Waals surface area contributed by atoms with Crippen LogP contribution in [0.1, 0.15) is 6.42 Å². The monoisotopic (exact) mass is 133 g/mol. The van der Waals surface area contributed by atoms with E-state index in [2.05, 4.69) is 0 Å². The molecule has 0 aliphatic carbocycles. The van der Waals surface area contributed by atoms with Crippen molar-refractivity contribution in [2.75, 3.05) is 20.1 Å². The van der Waals surface area contributed by atoms with Gasteiger partial charge in [-0.25, -0.2) is 0 Å². The Hall–Kier alpha value is -0.440. The summed E-state index contributed by atoms with van der Waals surface area (Å²) in [6.07, 6.45) is -0.946. The van der Waals surface area contributed by atoms with Crippen LogP contribution in [0.25, 0.3) is 0 Å². The number of hydrogen-bond acceptors (Lipinski definition) is 1. The molecule has 52 valence electrons. The first-order chi connectivity index (χ1) is 4.20. The molecular formula is C6H9F2N. The lowest BCUT2D eigenvalue weighted by Crippen LogP contribution is -2.11. The van der Waals surface area contributed by atoms with Crippen LogP contribution >= 0.6 is 0 Å². The molecule has 1 fully saturated rings. The van der Waals surface area contributed by atoms with Crippen molar-refractivity contribution in [2.24, 2.45) is 0 Å². The van der Waals surface area contributed by atoms with Crippen LogP contribution in [0.5, 0.6) is 0 Å². The van der Waals surface area contributed by atoms with E-state index in [9.17, 15) is 8.78 Å². The van der Waals surface area contributed by atoms with Crippen molar-refractivity contribution in [1.82, 2.24) is 4.90 Å². The Bertz CT molecular complexity index is 138. The molecule has 1 heterocycles. The molecule has 0 aromatic carbocycles. The van der Waals surface area contributed by atoms with E-state index >= 15 is 0 Å². The average molecular weight is 133 g/mol. The summed E-state index contributed by atoms with van der Waals surface area (Å²) in [5, 5.41) is 0. The lowest BCUT2D eigenvalue weighted by atomic mass is 10.3. The first-order valence-corrected chi connectivity index (χ1v) is 2.91. The molecule has 0 radical (unpaired) electrons. The first-order valence-electron chi connectivity index (χ1n) is 2.91. The normalized spacial score (nSPS) is 21.0. The Morgan fingerprint density at radius 3 is 2.44 bits per heavy atom. The van der Waals surface area contributed by atoms with Gasteiger partial charge in [-0.05, 0) is 13.5 Å². The predicted octanol–water partition coefficient (Wildman–Crippen LogP) is 1.47. The van der Waals surface area contributed by atoms with Gasteiger partial charge in [0, 0.05) is 18.7 Å². The van der Waals surface area contributed by atoms with Gasteiger partial charge in [0.15, 0.2) is 0 Å². The zero-order valence-electron chi connectivity index (χ0n) is 5.32. The van der Waals surface area contributed by atoms with Gasteiger partial charge in [0.2, 0.25) is 0 Å². The summed E-state index contributed by atoms with van der Waals surface area (Å²) in [7, 11) is 1.84. The highest BCUT2D eigenvalue weighted by atomic mass is 19.3. The fourth-order valence-electron chi connectivity index (χ4n) is 0.964. The first kappa shape index (κ1) is 6.68. The third kappa shape index (κ3) is 1.48. The standard InChI is InChI=1S/C6H9F2N/c1-9-3-2-5(4-9)6(7)8/h2-4H2,1H3. The van der Waals surface area contributed by atoms with E-state index in [1.807, 2.05) is 11.9 Å². The molecule has 9 heavy (non-hydrogen) atoms. The molecule has 0 aromatic heterocycles. The minimum absolute atomic E-state index is 0.303. The summed E-state index contributed by atoms with van der Waals surface area (Å²) in [4.78, 5) is 1.88. The van der Waals surface area contributed by atoms with E-state index in [0.717, 1.165) is 6.54 Å². The average Bonchev–Trinajstić information content (AvgIpc) is 2.14. The largest absolute Gasteiger partial charge is 0.302 e. The van der Waals surface area contributed by atoms with Crippen molar-refractivity contribution in [2.45, 2.75) is 6.42 Å². The molecule has 1 aliphatic rings. The number of halogens is 2. The maximum atomic E-state index is 11.8. The molecule has 0 aromatic rings. The lowest BCUT2D eigenvalue weighted by Gasteiger charge is -2.01. The van der Waals surface area contributed by atoms with Gasteiger partial charge in [-0.3, -0.25) is 0 Å². The molecule has 3 heteroatoms. The Morgan fingerprint density at radius 1 is 1.56 bits per heavy atom. The minimum Gasteiger partial charge on any atom is -0.302 e. The molecule has 0 saturated carbocycles. The van der Waals surface area contributed by atoms with Gasteiger partial charge in [0.25, 0.3) is 6.08 Å². The van der Waals surface area contributed by atoms with E-state index in [1.54, 1.807) is 0 Å². The summed E-state index contributed by atoms with van der Waals surface area (Å²) in [6.45, 7) is 1.22. The van der Waals surface area contributed by atoms with Crippen LogP contribution in [0, 0.1) is 0 Å². The quantitative estimate of drug-likeness (QED) is 0.483. The van der Waals surface area contributed by atoms with Gasteiger partial charge in [0.1, 0.15) is 0 Å². The van der Waals surface area contributed by atoms with E-state index < -0.39 is 6.08 Å². The Balaban J connectivity index is 2.58. The predicted molar refractivity (Wildman–Crippen MR) is 31.4 cm³/mol. The SMILES string of the molecule is CN1CCC(=C(F)F)C1. The Labute approximate surface area is 53.0 Å². The van der Waals surface area contributed by atoms with Crippen LogP contribution in [0.3, 0.4) is 0 Å². The van der Waals surface area contributed by atoms with Gasteiger partial charge < -0.3 is 4.90 Å². The maximum Gasteiger partial charge on any atom is 0.270 e. The molecule has 1 aliphatic heterocycles. The second-order valence-corrected chi connectivity index (χ2v) is 2.35. The van der Waals surface area contributed by atoms with Crippen molar-refractivity contribution >= 4 is 0 Å². The smallest absolute Gasteiger partial charge is 0.270 e. The van der Waals surface area contributed by atoms with Gasteiger partial charge in [-0.2, -0.15) is 8.78 Å². The van der Waals surface area contributed by atoms with Crippen molar-refractivity contribution in [3.8, 4) is 0 Å². The van der Waals surface area contributed by atoms with Crippen molar-refractivity contribution < 1.29 is 8.78 Å². The zero-order chi connectivity index (χ0) is 6.85. The molecule has 0 N–H and O–H groups in total. The van der Waals surface area contributed by atoms with Gasteiger partial charge in [-0.1, -0.05) is 0 Å². The van der Waals surface area contributed by atoms with Crippen LogP contribution in [0.15, 0.2) is 11.7 Å². The number of likely N-dealkylation sites (N-methyl/N-ethyl adjacent to an activating group) is 1. The fourth-order valence-corrected chi connectivity index (χ4v) is 0.964. The zero-order valence-corrected chi connectivity index (χ0v) is 5.32. The fraction of sp³-hybridized carbons (Fsp3) is 0.667. The molecule has 0 spiro atoms. The van der Waals surface area contributed by atoms with Gasteiger partial charge in [-0.15, -0.1) is 0 Å². The van der Waals surface area contributed by atoms with Crippen molar-refractivity contribution in [3.63, 3.8) is 0 Å². The summed E-state index contributed by atoms with van der Waals surface area (Å²) < 4.78 is 23.5. The summed E-state index contributed by atoms with van der Waals surface area (Å²) >= 11 is 0. The lowest BCUT2D eigenvalue weighted by molar-refractivity contribution is 0.397. The third-order valence-corrected chi connectivity index (χ3v) is 1.52. The Morgan fingerprint density at radius 2 is 2.22 bits per heavy atom. The third-order valence-electron chi connectivity index (χ3n) is 1.52. The molecule has 1 nitrogen and oxygen atoms in total. The Kier molecular flexibility index (Phi) is 1.81. The van der Waals surface area contributed by atoms with Crippen LogP contribution in [-0.2, 0) is 0 Å². The molecule has 0 amide bonds. The topological polar surface area (TPSA) is 3.24 Å². The molecule has 0 atom stereocenters. The molecule has 1 saturated heterocycles. The van der Waals surface area contributed by atoms with Crippen molar-refractivity contribution in [3.05, 3.63) is 11.7 Å². The molecular weight excluding hydrogens is 124 g/mol. The van der Waals surface area contributed by atoms with E-state index in [4.69, 9.17) is 0 Å². The van der Waals surface area contributed by atoms with E-state index in [0.29, 0.717) is 18.5 Å². The van der Waals surface area contributed by atoms with Crippen molar-refractivity contribution in [1.29, 1.82) is 0 Å². The molecule has 1 rings (SSSR count). The highest BCUT2D eigenvalue weighted by Crippen LogP contribution is 2.18. The number of rotatable bonds is 0. The van der Waals surface area contributed by atoms with E-state index in [1.165, 1.54) is 0 Å². The second kappa shape index (κ2) is 2.43. The van der Waals surface area contributed by atoms with Crippen LogP contribution < -0.4 is 0 Å². The number of nitrogens with zero attached hydrogens (tertiary/aromatic N) is 1. The second-order valence-electron chi connectivity index (χ2n) is 2.35. The summed E-state index contributed by atoms with van der Waals surface area (Å²) in [6, 6.07) is 0. The van der Waals surface area contributed by atoms with Crippen LogP contribution in [-0.4, -0.2) is 25.0 Å². The van der Waals surface area contributed by atoms with Crippen LogP contribution in [0.4, 0.5) is 8.78 Å². The highest BCUT2D eigenvalue weighted by Gasteiger charge is 2.16. The molecule has 0 bridgehead atoms. The number of likely N-dealkylation sites (tertiary alicyclic amines) is 1. The van der Waals surface area contributed by atoms with Gasteiger partial charge >= 0.3 is 0 Å². The number of hydrogen-bond donors (Lipinski definition) is 0. The van der Waals surface area contributed by atoms with Gasteiger partial charge in [0.05, 0.1) is 0 Å². The minimum atomic E-state index is -1.49. The molecule has 0 unspecified atom stereocenters. The summed E-state index contributed by atoms with van der Waals surface area (Å²) in [5.74, 6) is 0. The summed E-state index contributed by atoms with van der Waals surface area (Å²) in [5.41, 5.74) is 0.303. The highest BCUT2D eigenvalue weighted by molar-refractivity contribution is 5.09.